The van der Waals surface area contributed by atoms with Crippen molar-refractivity contribution in [2.24, 2.45) is 0 Å². The molecule has 1 aliphatic heterocycles. The minimum absolute atomic E-state index is 0.0979. The van der Waals surface area contributed by atoms with Crippen LogP contribution in [-0.2, 0) is 6.54 Å². The molecule has 1 aliphatic rings. The first-order valence-corrected chi connectivity index (χ1v) is 6.95. The summed E-state index contributed by atoms with van der Waals surface area (Å²) in [6, 6.07) is 13.6. The molecule has 4 nitrogen and oxygen atoms in total. The maximum absolute atomic E-state index is 10.7. The van der Waals surface area contributed by atoms with Gasteiger partial charge in [0.1, 0.15) is 0 Å². The first-order valence-electron chi connectivity index (χ1n) is 6.95. The molecule has 0 saturated heterocycles. The summed E-state index contributed by atoms with van der Waals surface area (Å²) in [6.45, 7) is 0.783. The average Bonchev–Trinajstić information content (AvgIpc) is 2.97. The quantitative estimate of drug-likeness (QED) is 0.906. The predicted molar refractivity (Wildman–Crippen MR) is 80.5 cm³/mol. The zero-order valence-corrected chi connectivity index (χ0v) is 12.2. The van der Waals surface area contributed by atoms with Crippen molar-refractivity contribution in [3.05, 3.63) is 59.2 Å². The molecule has 2 aromatic carbocycles. The molecule has 2 atom stereocenters. The third-order valence-electron chi connectivity index (χ3n) is 3.97. The highest BCUT2D eigenvalue weighted by molar-refractivity contribution is 5.45. The van der Waals surface area contributed by atoms with Gasteiger partial charge in [-0.25, -0.2) is 0 Å². The lowest BCUT2D eigenvalue weighted by Crippen LogP contribution is -2.20. The fraction of sp³-hybridized carbons (Fsp3) is 0.294. The highest BCUT2D eigenvalue weighted by atomic mass is 16.5. The third-order valence-corrected chi connectivity index (χ3v) is 3.97. The molecule has 2 aromatic rings. The molecule has 0 amide bonds. The van der Waals surface area contributed by atoms with Gasteiger partial charge in [-0.2, -0.15) is 0 Å². The van der Waals surface area contributed by atoms with E-state index in [2.05, 4.69) is 17.4 Å². The van der Waals surface area contributed by atoms with Crippen LogP contribution >= 0.6 is 0 Å². The van der Waals surface area contributed by atoms with E-state index in [0.29, 0.717) is 11.5 Å². The van der Waals surface area contributed by atoms with Crippen LogP contribution in [0.2, 0.25) is 0 Å². The lowest BCUT2D eigenvalue weighted by atomic mass is 9.96. The summed E-state index contributed by atoms with van der Waals surface area (Å²) < 4.78 is 10.5. The number of fused-ring (bicyclic) bond motifs is 1. The van der Waals surface area contributed by atoms with E-state index in [1.54, 1.807) is 14.2 Å². The molecule has 0 aliphatic carbocycles. The molecular formula is C17H19NO3. The summed E-state index contributed by atoms with van der Waals surface area (Å²) in [5.41, 5.74) is 3.20. The van der Waals surface area contributed by atoms with Gasteiger partial charge in [0.2, 0.25) is 0 Å². The van der Waals surface area contributed by atoms with Crippen molar-refractivity contribution in [1.29, 1.82) is 0 Å². The number of methoxy groups -OCH3 is 2. The van der Waals surface area contributed by atoms with Crippen LogP contribution in [0.25, 0.3) is 0 Å². The van der Waals surface area contributed by atoms with Crippen LogP contribution in [0.4, 0.5) is 0 Å². The lowest BCUT2D eigenvalue weighted by Gasteiger charge is -2.21. The van der Waals surface area contributed by atoms with Gasteiger partial charge in [0.05, 0.1) is 26.4 Å². The minimum atomic E-state index is -0.631. The highest BCUT2D eigenvalue weighted by Crippen LogP contribution is 2.38. The van der Waals surface area contributed by atoms with E-state index in [9.17, 15) is 5.11 Å². The number of benzene rings is 2. The largest absolute Gasteiger partial charge is 0.493 e. The Kier molecular flexibility index (Phi) is 3.82. The average molecular weight is 285 g/mol. The maximum atomic E-state index is 10.7. The third kappa shape index (κ3) is 2.48. The number of ether oxygens (including phenoxy) is 2. The van der Waals surface area contributed by atoms with Crippen molar-refractivity contribution in [3.63, 3.8) is 0 Å². The van der Waals surface area contributed by atoms with Gasteiger partial charge in [-0.3, -0.25) is 0 Å². The number of nitrogens with one attached hydrogen (secondary N) is 1. The van der Waals surface area contributed by atoms with Crippen molar-refractivity contribution >= 4 is 0 Å². The fourth-order valence-electron chi connectivity index (χ4n) is 2.84. The van der Waals surface area contributed by atoms with Gasteiger partial charge in [-0.15, -0.1) is 0 Å². The van der Waals surface area contributed by atoms with Crippen molar-refractivity contribution in [1.82, 2.24) is 5.32 Å². The molecule has 21 heavy (non-hydrogen) atoms. The Bertz CT molecular complexity index is 642. The Morgan fingerprint density at radius 1 is 1.10 bits per heavy atom. The van der Waals surface area contributed by atoms with Gasteiger partial charge in [-0.1, -0.05) is 30.3 Å². The number of hydrogen-bond acceptors (Lipinski definition) is 4. The predicted octanol–water partition coefficient (Wildman–Crippen LogP) is 2.58. The van der Waals surface area contributed by atoms with E-state index < -0.39 is 6.10 Å². The first-order chi connectivity index (χ1) is 10.2. The lowest BCUT2D eigenvalue weighted by molar-refractivity contribution is 0.133. The summed E-state index contributed by atoms with van der Waals surface area (Å²) >= 11 is 0. The Labute approximate surface area is 124 Å². The molecule has 2 N–H and O–H groups in total. The Hall–Kier alpha value is -2.04. The summed E-state index contributed by atoms with van der Waals surface area (Å²) in [4.78, 5) is 0. The second kappa shape index (κ2) is 5.76. The van der Waals surface area contributed by atoms with Crippen LogP contribution in [0.3, 0.4) is 0 Å². The molecule has 0 bridgehead atoms. The summed E-state index contributed by atoms with van der Waals surface area (Å²) in [5.74, 6) is 1.29. The Morgan fingerprint density at radius 3 is 2.62 bits per heavy atom. The van der Waals surface area contributed by atoms with Gasteiger partial charge >= 0.3 is 0 Å². The molecular weight excluding hydrogens is 266 g/mol. The van der Waals surface area contributed by atoms with E-state index >= 15 is 0 Å². The van der Waals surface area contributed by atoms with Crippen molar-refractivity contribution in [2.75, 3.05) is 14.2 Å². The number of hydrogen-bond donors (Lipinski definition) is 2. The highest BCUT2D eigenvalue weighted by Gasteiger charge is 2.29. The van der Waals surface area contributed by atoms with Crippen molar-refractivity contribution in [3.8, 4) is 11.5 Å². The topological polar surface area (TPSA) is 50.7 Å². The van der Waals surface area contributed by atoms with Gasteiger partial charge in [0.25, 0.3) is 0 Å². The zero-order chi connectivity index (χ0) is 14.8. The van der Waals surface area contributed by atoms with Crippen LogP contribution < -0.4 is 14.8 Å². The van der Waals surface area contributed by atoms with E-state index in [-0.39, 0.29) is 6.04 Å². The summed E-state index contributed by atoms with van der Waals surface area (Å²) in [5, 5.41) is 14.1. The van der Waals surface area contributed by atoms with Crippen molar-refractivity contribution < 1.29 is 14.6 Å². The second-order valence-electron chi connectivity index (χ2n) is 5.12. The van der Waals surface area contributed by atoms with Crippen LogP contribution in [0.15, 0.2) is 42.5 Å². The van der Waals surface area contributed by atoms with Crippen LogP contribution in [0, 0.1) is 0 Å². The van der Waals surface area contributed by atoms with Crippen LogP contribution in [-0.4, -0.2) is 19.3 Å². The second-order valence-corrected chi connectivity index (χ2v) is 5.12. The molecule has 4 heteroatoms. The molecule has 0 fully saturated rings. The molecule has 0 aromatic heterocycles. The first kappa shape index (κ1) is 13.9. The van der Waals surface area contributed by atoms with E-state index in [1.807, 2.05) is 30.3 Å². The Morgan fingerprint density at radius 2 is 1.86 bits per heavy atom. The number of aliphatic hydroxyl groups excluding tert-OH is 1. The minimum Gasteiger partial charge on any atom is -0.493 e. The van der Waals surface area contributed by atoms with Crippen molar-refractivity contribution in [2.45, 2.75) is 18.7 Å². The fourth-order valence-corrected chi connectivity index (χ4v) is 2.84. The van der Waals surface area contributed by atoms with Gasteiger partial charge in [0.15, 0.2) is 11.5 Å². The van der Waals surface area contributed by atoms with Gasteiger partial charge in [0, 0.05) is 6.54 Å². The van der Waals surface area contributed by atoms with Gasteiger partial charge in [-0.05, 0) is 28.8 Å². The molecule has 0 saturated carbocycles. The number of aliphatic hydroxyl groups is 1. The van der Waals surface area contributed by atoms with E-state index in [1.165, 1.54) is 5.56 Å². The molecule has 1 heterocycles. The van der Waals surface area contributed by atoms with Gasteiger partial charge < -0.3 is 19.9 Å². The molecule has 110 valence electrons. The molecule has 3 rings (SSSR count). The molecule has 2 unspecified atom stereocenters. The number of rotatable bonds is 4. The smallest absolute Gasteiger partial charge is 0.161 e. The van der Waals surface area contributed by atoms with Crippen LogP contribution in [0.1, 0.15) is 28.8 Å². The van der Waals surface area contributed by atoms with E-state index in [0.717, 1.165) is 17.7 Å². The molecule has 0 radical (unpaired) electrons. The summed E-state index contributed by atoms with van der Waals surface area (Å²) in [6.07, 6.45) is -0.631. The maximum Gasteiger partial charge on any atom is 0.161 e. The normalized spacial score (nSPS) is 18.1. The van der Waals surface area contributed by atoms with E-state index in [4.69, 9.17) is 9.47 Å². The monoisotopic (exact) mass is 285 g/mol. The zero-order valence-electron chi connectivity index (χ0n) is 12.2. The Balaban J connectivity index is 1.91. The molecule has 0 spiro atoms. The van der Waals surface area contributed by atoms with Crippen LogP contribution in [0.5, 0.6) is 11.5 Å². The summed E-state index contributed by atoms with van der Waals surface area (Å²) in [7, 11) is 3.19. The standard InChI is InChI=1S/C17H19NO3/c1-20-14-8-7-11(9-15(14)21-2)17(19)16-13-6-4-3-5-12(13)10-18-16/h3-9,16-19H,10H2,1-2H3. The SMILES string of the molecule is COc1ccc(C(O)C2NCc3ccccc32)cc1OC.